The molecule has 0 aliphatic rings. The summed E-state index contributed by atoms with van der Waals surface area (Å²) in [5.74, 6) is -0.109. The molecule has 0 unspecified atom stereocenters. The van der Waals surface area contributed by atoms with Gasteiger partial charge in [-0.2, -0.15) is 0 Å². The Morgan fingerprint density at radius 2 is 1.92 bits per heavy atom. The molecule has 0 rings (SSSR count). The first kappa shape index (κ1) is 11.2. The number of amides is 1. The van der Waals surface area contributed by atoms with Crippen LogP contribution in [0.15, 0.2) is 0 Å². The zero-order valence-corrected chi connectivity index (χ0v) is 8.22. The van der Waals surface area contributed by atoms with Gasteiger partial charge in [-0.3, -0.25) is 0 Å². The summed E-state index contributed by atoms with van der Waals surface area (Å²) in [7, 11) is -2.28. The minimum atomic E-state index is -3.46. The van der Waals surface area contributed by atoms with E-state index in [-0.39, 0.29) is 12.4 Å². The first-order valence-corrected chi connectivity index (χ1v) is 5.20. The molecule has 0 aromatic rings. The largest absolute Gasteiger partial charge is 0.449 e. The quantitative estimate of drug-likeness (QED) is 0.655. The van der Waals surface area contributed by atoms with Crippen molar-refractivity contribution < 1.29 is 17.9 Å². The monoisotopic (exact) mass is 195 g/mol. The van der Waals surface area contributed by atoms with E-state index in [1.165, 1.54) is 14.0 Å². The van der Waals surface area contributed by atoms with E-state index < -0.39 is 16.1 Å². The van der Waals surface area contributed by atoms with Crippen LogP contribution in [0, 0.1) is 0 Å². The summed E-state index contributed by atoms with van der Waals surface area (Å²) < 4.78 is 27.2. The van der Waals surface area contributed by atoms with Gasteiger partial charge in [0.2, 0.25) is 10.0 Å². The average molecular weight is 195 g/mol. The number of carbonyl (C=O) groups excluding carboxylic acids is 1. The van der Waals surface area contributed by atoms with Crippen molar-refractivity contribution in [2.45, 2.75) is 13.8 Å². The van der Waals surface area contributed by atoms with E-state index in [0.29, 0.717) is 4.31 Å². The molecule has 0 spiro atoms. The highest BCUT2D eigenvalue weighted by molar-refractivity contribution is 7.89. The van der Waals surface area contributed by atoms with Gasteiger partial charge in [-0.25, -0.2) is 17.5 Å². The average Bonchev–Trinajstić information content (AvgIpc) is 2.03. The number of rotatable bonds is 3. The van der Waals surface area contributed by atoms with Gasteiger partial charge in [-0.05, 0) is 13.8 Å². The third kappa shape index (κ3) is 2.69. The van der Waals surface area contributed by atoms with Crippen molar-refractivity contribution in [2.24, 2.45) is 0 Å². The maximum absolute atomic E-state index is 11.0. The zero-order valence-electron chi connectivity index (χ0n) is 7.40. The Bertz CT molecular complexity index is 246. The Morgan fingerprint density at radius 3 is 2.25 bits per heavy atom. The molecule has 0 heterocycles. The van der Waals surface area contributed by atoms with Crippen molar-refractivity contribution in [1.82, 2.24) is 4.31 Å². The fraction of sp³-hybridized carbons (Fsp3) is 0.833. The first-order valence-electron chi connectivity index (χ1n) is 3.59. The lowest BCUT2D eigenvalue weighted by molar-refractivity contribution is 0.136. The van der Waals surface area contributed by atoms with E-state index in [2.05, 4.69) is 4.74 Å². The topological polar surface area (TPSA) is 63.7 Å². The minimum Gasteiger partial charge on any atom is -0.449 e. The molecule has 0 fully saturated rings. The van der Waals surface area contributed by atoms with Crippen molar-refractivity contribution in [3.8, 4) is 0 Å². The molecule has 0 N–H and O–H groups in total. The normalized spacial score (nSPS) is 10.9. The van der Waals surface area contributed by atoms with Gasteiger partial charge in [-0.15, -0.1) is 0 Å². The summed E-state index contributed by atoms with van der Waals surface area (Å²) in [4.78, 5) is 10.9. The van der Waals surface area contributed by atoms with Crippen LogP contribution in [0.5, 0.6) is 0 Å². The number of carbonyl (C=O) groups is 1. The van der Waals surface area contributed by atoms with Gasteiger partial charge in [0.05, 0.1) is 12.4 Å². The van der Waals surface area contributed by atoms with Crippen LogP contribution in [0.25, 0.3) is 0 Å². The third-order valence-electron chi connectivity index (χ3n) is 1.31. The molecule has 0 radical (unpaired) electrons. The first-order chi connectivity index (χ1) is 5.45. The van der Waals surface area contributed by atoms with Crippen LogP contribution in [0.1, 0.15) is 13.8 Å². The Kier molecular flexibility index (Phi) is 4.02. The van der Waals surface area contributed by atoms with Gasteiger partial charge in [-0.1, -0.05) is 0 Å². The maximum atomic E-state index is 11.0. The van der Waals surface area contributed by atoms with Crippen LogP contribution < -0.4 is 0 Å². The fourth-order valence-corrected chi connectivity index (χ4v) is 1.19. The lowest BCUT2D eigenvalue weighted by Crippen LogP contribution is -2.34. The summed E-state index contributed by atoms with van der Waals surface area (Å²) >= 11 is 0. The summed E-state index contributed by atoms with van der Waals surface area (Å²) in [6, 6.07) is 0. The molecule has 0 aliphatic heterocycles. The minimum absolute atomic E-state index is 0.109. The number of ether oxygens (including phenoxy) is 1. The van der Waals surface area contributed by atoms with Crippen LogP contribution in [0.3, 0.4) is 0 Å². The van der Waals surface area contributed by atoms with Crippen molar-refractivity contribution in [3.63, 3.8) is 0 Å². The van der Waals surface area contributed by atoms with Crippen molar-refractivity contribution in [3.05, 3.63) is 0 Å². The number of sulfonamides is 1. The molecule has 12 heavy (non-hydrogen) atoms. The van der Waals surface area contributed by atoms with Crippen LogP contribution in [0.4, 0.5) is 4.79 Å². The van der Waals surface area contributed by atoms with Gasteiger partial charge < -0.3 is 4.74 Å². The van der Waals surface area contributed by atoms with Gasteiger partial charge in [0.25, 0.3) is 0 Å². The van der Waals surface area contributed by atoms with E-state index in [9.17, 15) is 13.2 Å². The summed E-state index contributed by atoms with van der Waals surface area (Å²) in [5.41, 5.74) is 0. The Hall–Kier alpha value is -0.780. The van der Waals surface area contributed by atoms with E-state index in [0.717, 1.165) is 0 Å². The number of nitrogens with zero attached hydrogens (tertiary/aromatic N) is 1. The molecule has 5 nitrogen and oxygen atoms in total. The van der Waals surface area contributed by atoms with Crippen LogP contribution in [0.2, 0.25) is 0 Å². The van der Waals surface area contributed by atoms with Gasteiger partial charge in [0, 0.05) is 7.05 Å². The molecule has 0 aromatic heterocycles. The molecule has 0 bridgehead atoms. The predicted molar refractivity (Wildman–Crippen MR) is 44.2 cm³/mol. The maximum Gasteiger partial charge on any atom is 0.423 e. The second-order valence-electron chi connectivity index (χ2n) is 2.07. The van der Waals surface area contributed by atoms with E-state index in [1.807, 2.05) is 0 Å². The second-order valence-corrected chi connectivity index (χ2v) is 4.36. The Labute approximate surface area is 72.4 Å². The van der Waals surface area contributed by atoms with Crippen molar-refractivity contribution >= 4 is 16.1 Å². The molecule has 0 saturated carbocycles. The summed E-state index contributed by atoms with van der Waals surface area (Å²) in [6.07, 6.45) is -0.834. The second kappa shape index (κ2) is 4.30. The van der Waals surface area contributed by atoms with E-state index >= 15 is 0 Å². The van der Waals surface area contributed by atoms with E-state index in [4.69, 9.17) is 0 Å². The lowest BCUT2D eigenvalue weighted by atomic mass is 10.9. The van der Waals surface area contributed by atoms with Crippen molar-refractivity contribution in [2.75, 3.05) is 19.4 Å². The third-order valence-corrected chi connectivity index (χ3v) is 3.02. The van der Waals surface area contributed by atoms with Gasteiger partial charge in [0.1, 0.15) is 0 Å². The highest BCUT2D eigenvalue weighted by Gasteiger charge is 2.21. The molecule has 6 heteroatoms. The van der Waals surface area contributed by atoms with Gasteiger partial charge in [0.15, 0.2) is 0 Å². The molecule has 1 amide bonds. The van der Waals surface area contributed by atoms with Crippen LogP contribution in [-0.4, -0.2) is 38.2 Å². The molecular weight excluding hydrogens is 182 g/mol. The zero-order chi connectivity index (χ0) is 9.78. The number of hydrogen-bond donors (Lipinski definition) is 0. The van der Waals surface area contributed by atoms with Gasteiger partial charge >= 0.3 is 6.09 Å². The molecular formula is C6H13NO4S. The standard InChI is InChI=1S/C6H13NO4S/c1-4-11-6(8)7(3)12(9,10)5-2/h4-5H2,1-3H3. The Balaban J connectivity index is 4.39. The molecule has 0 aliphatic carbocycles. The lowest BCUT2D eigenvalue weighted by Gasteiger charge is -2.14. The molecule has 0 aromatic carbocycles. The highest BCUT2D eigenvalue weighted by atomic mass is 32.2. The summed E-state index contributed by atoms with van der Waals surface area (Å²) in [6.45, 7) is 3.25. The fourth-order valence-electron chi connectivity index (χ4n) is 0.522. The predicted octanol–water partition coefficient (Wildman–Crippen LogP) is 0.424. The smallest absolute Gasteiger partial charge is 0.423 e. The highest BCUT2D eigenvalue weighted by Crippen LogP contribution is 1.99. The van der Waals surface area contributed by atoms with Crippen LogP contribution >= 0.6 is 0 Å². The SMILES string of the molecule is CCOC(=O)N(C)S(=O)(=O)CC. The summed E-state index contributed by atoms with van der Waals surface area (Å²) in [5, 5.41) is 0. The molecule has 0 atom stereocenters. The molecule has 0 saturated heterocycles. The molecule has 72 valence electrons. The van der Waals surface area contributed by atoms with Crippen molar-refractivity contribution in [1.29, 1.82) is 0 Å². The van der Waals surface area contributed by atoms with E-state index in [1.54, 1.807) is 6.92 Å². The van der Waals surface area contributed by atoms with Crippen LogP contribution in [-0.2, 0) is 14.8 Å². The number of hydrogen-bond acceptors (Lipinski definition) is 4. The Morgan fingerprint density at radius 1 is 1.42 bits per heavy atom.